The lowest BCUT2D eigenvalue weighted by molar-refractivity contribution is 0.565. The van der Waals surface area contributed by atoms with Crippen LogP contribution in [0.5, 0.6) is 0 Å². The molecule has 2 nitrogen and oxygen atoms in total. The Labute approximate surface area is 118 Å². The molecule has 2 rings (SSSR count). The molecule has 1 unspecified atom stereocenters. The van der Waals surface area contributed by atoms with E-state index in [0.717, 1.165) is 22.7 Å². The molecule has 3 heteroatoms. The van der Waals surface area contributed by atoms with Gasteiger partial charge in [0.25, 0.3) is 0 Å². The van der Waals surface area contributed by atoms with E-state index >= 15 is 0 Å². The zero-order valence-corrected chi connectivity index (χ0v) is 12.1. The maximum Gasteiger partial charge on any atom is 0.110 e. The average molecular weight is 270 g/mol. The number of likely N-dealkylation sites (N-methyl/N-ethyl adjacent to an activating group) is 1. The maximum atomic E-state index is 8.85. The van der Waals surface area contributed by atoms with Crippen molar-refractivity contribution >= 4 is 11.3 Å². The van der Waals surface area contributed by atoms with E-state index in [1.807, 2.05) is 12.1 Å². The topological polar surface area (TPSA) is 35.8 Å². The number of rotatable bonds is 5. The summed E-state index contributed by atoms with van der Waals surface area (Å²) in [5.74, 6) is 0. The molecule has 1 atom stereocenters. The molecule has 0 fully saturated rings. The summed E-state index contributed by atoms with van der Waals surface area (Å²) in [5.41, 5.74) is 2.53. The second-order valence-electron chi connectivity index (χ2n) is 4.64. The number of nitriles is 1. The quantitative estimate of drug-likeness (QED) is 0.896. The van der Waals surface area contributed by atoms with Gasteiger partial charge in [0.1, 0.15) is 10.9 Å². The van der Waals surface area contributed by atoms with Gasteiger partial charge in [-0.05, 0) is 43.1 Å². The first-order valence-electron chi connectivity index (χ1n) is 6.55. The predicted octanol–water partition coefficient (Wildman–Crippen LogP) is 3.83. The number of hydrogen-bond donors (Lipinski definition) is 1. The van der Waals surface area contributed by atoms with Gasteiger partial charge in [0.2, 0.25) is 0 Å². The molecule has 0 spiro atoms. The van der Waals surface area contributed by atoms with E-state index in [-0.39, 0.29) is 0 Å². The van der Waals surface area contributed by atoms with Crippen molar-refractivity contribution in [2.75, 3.05) is 6.54 Å². The first kappa shape index (κ1) is 13.8. The molecule has 0 amide bonds. The molecule has 1 N–H and O–H groups in total. The lowest BCUT2D eigenvalue weighted by Crippen LogP contribution is -2.27. The lowest BCUT2D eigenvalue weighted by atomic mass is 10.0. The summed E-state index contributed by atoms with van der Waals surface area (Å²) < 4.78 is 0. The molecule has 1 heterocycles. The maximum absolute atomic E-state index is 8.85. The fourth-order valence-corrected chi connectivity index (χ4v) is 2.94. The Morgan fingerprint density at radius 1 is 1.21 bits per heavy atom. The molecule has 1 aromatic heterocycles. The molecular weight excluding hydrogens is 252 g/mol. The van der Waals surface area contributed by atoms with Gasteiger partial charge in [-0.2, -0.15) is 5.26 Å². The highest BCUT2D eigenvalue weighted by molar-refractivity contribution is 7.16. The molecule has 0 aliphatic heterocycles. The Kier molecular flexibility index (Phi) is 4.73. The summed E-state index contributed by atoms with van der Waals surface area (Å²) in [6.07, 6.45) is 1.04. The molecule has 0 aliphatic rings. The molecule has 2 aromatic rings. The molecule has 0 radical (unpaired) electrons. The molecule has 98 valence electrons. The summed E-state index contributed by atoms with van der Waals surface area (Å²) in [6, 6.07) is 15.2. The molecule has 1 aromatic carbocycles. The van der Waals surface area contributed by atoms with Gasteiger partial charge in [-0.1, -0.05) is 31.2 Å². The first-order valence-corrected chi connectivity index (χ1v) is 7.37. The zero-order valence-electron chi connectivity index (χ0n) is 11.3. The third-order valence-electron chi connectivity index (χ3n) is 3.05. The van der Waals surface area contributed by atoms with Crippen LogP contribution in [-0.2, 0) is 6.42 Å². The second kappa shape index (κ2) is 6.51. The summed E-state index contributed by atoms with van der Waals surface area (Å²) in [5, 5.41) is 12.3. The highest BCUT2D eigenvalue weighted by Gasteiger charge is 2.04. The van der Waals surface area contributed by atoms with Gasteiger partial charge < -0.3 is 5.32 Å². The fraction of sp³-hybridized carbons (Fsp3) is 0.312. The fourth-order valence-electron chi connectivity index (χ4n) is 2.13. The van der Waals surface area contributed by atoms with Gasteiger partial charge in [-0.3, -0.25) is 0 Å². The molecule has 0 aliphatic carbocycles. The normalized spacial score (nSPS) is 12.1. The van der Waals surface area contributed by atoms with Crippen LogP contribution in [0.4, 0.5) is 0 Å². The van der Waals surface area contributed by atoms with Crippen LogP contribution >= 0.6 is 11.3 Å². The molecule has 0 saturated heterocycles. The van der Waals surface area contributed by atoms with Crippen molar-refractivity contribution in [2.24, 2.45) is 0 Å². The van der Waals surface area contributed by atoms with E-state index in [1.165, 1.54) is 11.1 Å². The van der Waals surface area contributed by atoms with E-state index in [0.29, 0.717) is 6.04 Å². The van der Waals surface area contributed by atoms with Crippen molar-refractivity contribution in [3.8, 4) is 16.5 Å². The van der Waals surface area contributed by atoms with Gasteiger partial charge in [0.15, 0.2) is 0 Å². The molecule has 0 saturated carbocycles. The Morgan fingerprint density at radius 2 is 1.95 bits per heavy atom. The Hall–Kier alpha value is -1.63. The van der Waals surface area contributed by atoms with Gasteiger partial charge >= 0.3 is 0 Å². The summed E-state index contributed by atoms with van der Waals surface area (Å²) in [4.78, 5) is 1.92. The minimum atomic E-state index is 0.503. The summed E-state index contributed by atoms with van der Waals surface area (Å²) in [7, 11) is 0. The van der Waals surface area contributed by atoms with Crippen LogP contribution in [0.2, 0.25) is 0 Å². The number of nitrogens with one attached hydrogen (secondary N) is 1. The molecular formula is C16H18N2S. The van der Waals surface area contributed by atoms with Crippen LogP contribution in [0.3, 0.4) is 0 Å². The van der Waals surface area contributed by atoms with Crippen LogP contribution < -0.4 is 5.32 Å². The van der Waals surface area contributed by atoms with Crippen LogP contribution in [0.1, 0.15) is 24.3 Å². The Bertz CT molecular complexity index is 563. The number of nitrogens with zero attached hydrogens (tertiary/aromatic N) is 1. The SMILES string of the molecule is CCNC(C)Cc1ccc(-c2ccc(C#N)s2)cc1. The predicted molar refractivity (Wildman–Crippen MR) is 81.3 cm³/mol. The zero-order chi connectivity index (χ0) is 13.7. The summed E-state index contributed by atoms with van der Waals surface area (Å²) >= 11 is 1.54. The standard InChI is InChI=1S/C16H18N2S/c1-3-18-12(2)10-13-4-6-14(7-5-13)16-9-8-15(11-17)19-16/h4-9,12,18H,3,10H2,1-2H3. The minimum Gasteiger partial charge on any atom is -0.314 e. The van der Waals surface area contributed by atoms with Crippen molar-refractivity contribution in [1.29, 1.82) is 5.26 Å². The number of benzene rings is 1. The smallest absolute Gasteiger partial charge is 0.110 e. The van der Waals surface area contributed by atoms with Gasteiger partial charge in [0, 0.05) is 10.9 Å². The highest BCUT2D eigenvalue weighted by Crippen LogP contribution is 2.27. The largest absolute Gasteiger partial charge is 0.314 e. The third-order valence-corrected chi connectivity index (χ3v) is 4.09. The average Bonchev–Trinajstić information content (AvgIpc) is 2.88. The van der Waals surface area contributed by atoms with E-state index in [9.17, 15) is 0 Å². The Balaban J connectivity index is 2.08. The number of hydrogen-bond acceptors (Lipinski definition) is 3. The van der Waals surface area contributed by atoms with E-state index in [4.69, 9.17) is 5.26 Å². The highest BCUT2D eigenvalue weighted by atomic mass is 32.1. The lowest BCUT2D eigenvalue weighted by Gasteiger charge is -2.12. The monoisotopic (exact) mass is 270 g/mol. The van der Waals surface area contributed by atoms with Gasteiger partial charge in [0.05, 0.1) is 0 Å². The van der Waals surface area contributed by atoms with Crippen LogP contribution in [0.15, 0.2) is 36.4 Å². The second-order valence-corrected chi connectivity index (χ2v) is 5.72. The van der Waals surface area contributed by atoms with Crippen molar-refractivity contribution in [1.82, 2.24) is 5.32 Å². The van der Waals surface area contributed by atoms with Crippen molar-refractivity contribution in [2.45, 2.75) is 26.3 Å². The van der Waals surface area contributed by atoms with Crippen molar-refractivity contribution in [3.05, 3.63) is 46.8 Å². The third kappa shape index (κ3) is 3.66. The minimum absolute atomic E-state index is 0.503. The summed E-state index contributed by atoms with van der Waals surface area (Å²) in [6.45, 7) is 5.34. The van der Waals surface area contributed by atoms with E-state index < -0.39 is 0 Å². The van der Waals surface area contributed by atoms with E-state index in [2.05, 4.69) is 49.5 Å². The van der Waals surface area contributed by atoms with Crippen molar-refractivity contribution in [3.63, 3.8) is 0 Å². The Morgan fingerprint density at radius 3 is 2.53 bits per heavy atom. The van der Waals surface area contributed by atoms with Gasteiger partial charge in [-0.15, -0.1) is 11.3 Å². The molecule has 19 heavy (non-hydrogen) atoms. The van der Waals surface area contributed by atoms with Crippen molar-refractivity contribution < 1.29 is 0 Å². The van der Waals surface area contributed by atoms with Crippen LogP contribution in [-0.4, -0.2) is 12.6 Å². The molecule has 0 bridgehead atoms. The number of thiophene rings is 1. The van der Waals surface area contributed by atoms with Crippen LogP contribution in [0.25, 0.3) is 10.4 Å². The first-order chi connectivity index (χ1) is 9.22. The van der Waals surface area contributed by atoms with Gasteiger partial charge in [-0.25, -0.2) is 0 Å². The van der Waals surface area contributed by atoms with E-state index in [1.54, 1.807) is 11.3 Å². The van der Waals surface area contributed by atoms with Crippen LogP contribution in [0, 0.1) is 11.3 Å².